The van der Waals surface area contributed by atoms with Gasteiger partial charge in [-0.1, -0.05) is 12.1 Å². The zero-order valence-electron chi connectivity index (χ0n) is 13.9. The molecule has 0 unspecified atom stereocenters. The van der Waals surface area contributed by atoms with Gasteiger partial charge in [0.1, 0.15) is 5.75 Å². The summed E-state index contributed by atoms with van der Waals surface area (Å²) < 4.78 is 5.23. The first-order valence-electron chi connectivity index (χ1n) is 8.28. The number of para-hydroxylation sites is 1. The third kappa shape index (κ3) is 3.45. The number of hydrogen-bond acceptors (Lipinski definition) is 4. The molecule has 1 fully saturated rings. The lowest BCUT2D eigenvalue weighted by Crippen LogP contribution is -2.30. The van der Waals surface area contributed by atoms with Gasteiger partial charge >= 0.3 is 0 Å². The first-order chi connectivity index (χ1) is 11.7. The number of nitrogens with two attached hydrogens (primary N) is 1. The second kappa shape index (κ2) is 7.25. The van der Waals surface area contributed by atoms with Crippen molar-refractivity contribution in [1.82, 2.24) is 0 Å². The van der Waals surface area contributed by atoms with E-state index in [9.17, 15) is 4.79 Å². The molecule has 3 rings (SSSR count). The molecule has 1 amide bonds. The lowest BCUT2D eigenvalue weighted by Gasteiger charge is -2.30. The number of carbonyl (C=O) groups is 1. The number of rotatable bonds is 4. The number of benzene rings is 2. The quantitative estimate of drug-likeness (QED) is 0.844. The Hall–Kier alpha value is -2.69. The molecule has 126 valence electrons. The Morgan fingerprint density at radius 3 is 2.58 bits per heavy atom. The Bertz CT molecular complexity index is 724. The van der Waals surface area contributed by atoms with Crippen LogP contribution in [0.15, 0.2) is 42.5 Å². The molecule has 0 bridgehead atoms. The predicted octanol–water partition coefficient (Wildman–Crippen LogP) is 3.52. The van der Waals surface area contributed by atoms with Crippen LogP contribution in [0.3, 0.4) is 0 Å². The summed E-state index contributed by atoms with van der Waals surface area (Å²) in [5.74, 6) is 0.338. The second-order valence-corrected chi connectivity index (χ2v) is 5.98. The predicted molar refractivity (Wildman–Crippen MR) is 97.9 cm³/mol. The fourth-order valence-electron chi connectivity index (χ4n) is 3.09. The van der Waals surface area contributed by atoms with Crippen molar-refractivity contribution in [3.63, 3.8) is 0 Å². The van der Waals surface area contributed by atoms with Gasteiger partial charge < -0.3 is 20.7 Å². The summed E-state index contributed by atoms with van der Waals surface area (Å²) in [6, 6.07) is 12.8. The normalized spacial score (nSPS) is 14.3. The van der Waals surface area contributed by atoms with E-state index in [0.717, 1.165) is 18.8 Å². The minimum Gasteiger partial charge on any atom is -0.496 e. The number of piperidine rings is 1. The molecule has 0 radical (unpaired) electrons. The van der Waals surface area contributed by atoms with Gasteiger partial charge in [0.25, 0.3) is 5.91 Å². The molecular weight excluding hydrogens is 302 g/mol. The first kappa shape index (κ1) is 16.2. The summed E-state index contributed by atoms with van der Waals surface area (Å²) in [7, 11) is 1.55. The van der Waals surface area contributed by atoms with E-state index in [1.807, 2.05) is 30.3 Å². The lowest BCUT2D eigenvalue weighted by molar-refractivity contribution is 0.102. The number of ether oxygens (including phenoxy) is 1. The third-order valence-electron chi connectivity index (χ3n) is 4.33. The maximum atomic E-state index is 12.4. The van der Waals surface area contributed by atoms with Crippen LogP contribution in [0.1, 0.15) is 29.6 Å². The van der Waals surface area contributed by atoms with Crippen LogP contribution in [0, 0.1) is 0 Å². The minimum atomic E-state index is -0.211. The van der Waals surface area contributed by atoms with Crippen LogP contribution in [0.2, 0.25) is 0 Å². The van der Waals surface area contributed by atoms with Gasteiger partial charge in [-0.2, -0.15) is 0 Å². The van der Waals surface area contributed by atoms with Crippen molar-refractivity contribution in [3.05, 3.63) is 48.0 Å². The number of hydrogen-bond donors (Lipinski definition) is 2. The van der Waals surface area contributed by atoms with Crippen LogP contribution in [-0.2, 0) is 0 Å². The van der Waals surface area contributed by atoms with E-state index < -0.39 is 0 Å². The van der Waals surface area contributed by atoms with Gasteiger partial charge in [-0.15, -0.1) is 0 Å². The Morgan fingerprint density at radius 1 is 1.12 bits per heavy atom. The monoisotopic (exact) mass is 325 g/mol. The summed E-state index contributed by atoms with van der Waals surface area (Å²) in [5, 5.41) is 2.89. The van der Waals surface area contributed by atoms with Crippen molar-refractivity contribution in [2.24, 2.45) is 0 Å². The molecule has 0 aliphatic carbocycles. The van der Waals surface area contributed by atoms with E-state index in [1.54, 1.807) is 19.2 Å². The largest absolute Gasteiger partial charge is 0.496 e. The van der Waals surface area contributed by atoms with Gasteiger partial charge in [-0.05, 0) is 49.6 Å². The van der Waals surface area contributed by atoms with E-state index in [-0.39, 0.29) is 5.91 Å². The molecule has 1 aliphatic heterocycles. The number of nitrogens with one attached hydrogen (secondary N) is 1. The number of methoxy groups -OCH3 is 1. The number of amides is 1. The third-order valence-corrected chi connectivity index (χ3v) is 4.33. The Kier molecular flexibility index (Phi) is 4.89. The van der Waals surface area contributed by atoms with Crippen LogP contribution < -0.4 is 20.7 Å². The summed E-state index contributed by atoms with van der Waals surface area (Å²) >= 11 is 0. The minimum absolute atomic E-state index is 0.211. The SMILES string of the molecule is COc1ccccc1C(=O)Nc1ccc(N2CCCCC2)c(N)c1. The van der Waals surface area contributed by atoms with Crippen molar-refractivity contribution in [1.29, 1.82) is 0 Å². The molecule has 2 aromatic carbocycles. The van der Waals surface area contributed by atoms with E-state index in [2.05, 4.69) is 10.2 Å². The molecule has 2 aromatic rings. The molecule has 1 heterocycles. The van der Waals surface area contributed by atoms with Crippen LogP contribution in [0.25, 0.3) is 0 Å². The molecular formula is C19H23N3O2. The van der Waals surface area contributed by atoms with Gasteiger partial charge in [0.05, 0.1) is 24.0 Å². The van der Waals surface area contributed by atoms with Gasteiger partial charge in [-0.25, -0.2) is 0 Å². The molecule has 1 saturated heterocycles. The van der Waals surface area contributed by atoms with Crippen molar-refractivity contribution in [3.8, 4) is 5.75 Å². The second-order valence-electron chi connectivity index (χ2n) is 5.98. The highest BCUT2D eigenvalue weighted by atomic mass is 16.5. The van der Waals surface area contributed by atoms with Gasteiger partial charge in [0.2, 0.25) is 0 Å². The summed E-state index contributed by atoms with van der Waals surface area (Å²) in [4.78, 5) is 14.8. The highest BCUT2D eigenvalue weighted by molar-refractivity contribution is 6.06. The fraction of sp³-hybridized carbons (Fsp3) is 0.316. The Labute approximate surface area is 142 Å². The molecule has 5 nitrogen and oxygen atoms in total. The summed E-state index contributed by atoms with van der Waals surface area (Å²) in [6.07, 6.45) is 3.68. The van der Waals surface area contributed by atoms with E-state index in [4.69, 9.17) is 10.5 Å². The molecule has 0 saturated carbocycles. The number of nitrogen functional groups attached to an aromatic ring is 1. The molecule has 24 heavy (non-hydrogen) atoms. The zero-order valence-corrected chi connectivity index (χ0v) is 13.9. The fourth-order valence-corrected chi connectivity index (χ4v) is 3.09. The topological polar surface area (TPSA) is 67.6 Å². The van der Waals surface area contributed by atoms with Crippen molar-refractivity contribution < 1.29 is 9.53 Å². The summed E-state index contributed by atoms with van der Waals surface area (Å²) in [5.41, 5.74) is 9.12. The molecule has 3 N–H and O–H groups in total. The molecule has 0 aromatic heterocycles. The van der Waals surface area contributed by atoms with Gasteiger partial charge in [0.15, 0.2) is 0 Å². The number of anilines is 3. The van der Waals surface area contributed by atoms with Crippen molar-refractivity contribution in [2.45, 2.75) is 19.3 Å². The Balaban J connectivity index is 1.76. The van der Waals surface area contributed by atoms with Crippen LogP contribution in [-0.4, -0.2) is 26.1 Å². The highest BCUT2D eigenvalue weighted by Crippen LogP contribution is 2.29. The van der Waals surface area contributed by atoms with Crippen LogP contribution in [0.4, 0.5) is 17.1 Å². The number of carbonyl (C=O) groups excluding carboxylic acids is 1. The van der Waals surface area contributed by atoms with E-state index in [0.29, 0.717) is 22.7 Å². The molecule has 0 spiro atoms. The maximum absolute atomic E-state index is 12.4. The smallest absolute Gasteiger partial charge is 0.259 e. The molecule has 5 heteroatoms. The summed E-state index contributed by atoms with van der Waals surface area (Å²) in [6.45, 7) is 2.08. The average Bonchev–Trinajstić information content (AvgIpc) is 2.62. The van der Waals surface area contributed by atoms with Crippen LogP contribution in [0.5, 0.6) is 5.75 Å². The number of nitrogens with zero attached hydrogens (tertiary/aromatic N) is 1. The highest BCUT2D eigenvalue weighted by Gasteiger charge is 2.15. The average molecular weight is 325 g/mol. The lowest BCUT2D eigenvalue weighted by atomic mass is 10.1. The van der Waals surface area contributed by atoms with Crippen molar-refractivity contribution >= 4 is 23.0 Å². The van der Waals surface area contributed by atoms with Gasteiger partial charge in [-0.3, -0.25) is 4.79 Å². The van der Waals surface area contributed by atoms with E-state index >= 15 is 0 Å². The maximum Gasteiger partial charge on any atom is 0.259 e. The van der Waals surface area contributed by atoms with Gasteiger partial charge in [0, 0.05) is 18.8 Å². The van der Waals surface area contributed by atoms with E-state index in [1.165, 1.54) is 19.3 Å². The molecule has 0 atom stereocenters. The Morgan fingerprint density at radius 2 is 1.88 bits per heavy atom. The standard InChI is InChI=1S/C19H23N3O2/c1-24-18-8-4-3-7-15(18)19(23)21-14-9-10-17(16(20)13-14)22-11-5-2-6-12-22/h3-4,7-10,13H,2,5-6,11-12,20H2,1H3,(H,21,23). The first-order valence-corrected chi connectivity index (χ1v) is 8.28. The molecule has 1 aliphatic rings. The van der Waals surface area contributed by atoms with Crippen molar-refractivity contribution in [2.75, 3.05) is 36.1 Å². The van der Waals surface area contributed by atoms with Crippen LogP contribution >= 0.6 is 0 Å². The zero-order chi connectivity index (χ0) is 16.9.